The number of benzene rings is 2. The van der Waals surface area contributed by atoms with Gasteiger partial charge < -0.3 is 25.0 Å². The Labute approximate surface area is 217 Å². The molecule has 194 valence electrons. The van der Waals surface area contributed by atoms with Crippen LogP contribution >= 0.6 is 0 Å². The Bertz CT molecular complexity index is 1220. The Balaban J connectivity index is 1.28. The van der Waals surface area contributed by atoms with Crippen LogP contribution in [-0.4, -0.2) is 59.5 Å². The van der Waals surface area contributed by atoms with Crippen LogP contribution in [-0.2, 0) is 11.3 Å². The molecular formula is C27H34N8O2. The third-order valence-electron chi connectivity index (χ3n) is 6.84. The molecule has 5 rings (SSSR count). The number of azo groups is 1. The van der Waals surface area contributed by atoms with Gasteiger partial charge in [0.2, 0.25) is 11.9 Å². The van der Waals surface area contributed by atoms with E-state index in [1.807, 2.05) is 11.0 Å². The molecule has 37 heavy (non-hydrogen) atoms. The van der Waals surface area contributed by atoms with Gasteiger partial charge in [-0.25, -0.2) is 0 Å². The summed E-state index contributed by atoms with van der Waals surface area (Å²) < 4.78 is 5.46. The topological polar surface area (TPSA) is 111 Å². The molecule has 0 radical (unpaired) electrons. The lowest BCUT2D eigenvalue weighted by Crippen LogP contribution is -2.37. The third kappa shape index (κ3) is 6.71. The predicted molar refractivity (Wildman–Crippen MR) is 144 cm³/mol. The Morgan fingerprint density at radius 2 is 1.70 bits per heavy atom. The van der Waals surface area contributed by atoms with E-state index in [9.17, 15) is 5.11 Å². The van der Waals surface area contributed by atoms with Gasteiger partial charge in [-0.05, 0) is 48.1 Å². The second-order valence-corrected chi connectivity index (χ2v) is 10.3. The average Bonchev–Trinajstić information content (AvgIpc) is 2.90. The number of phenolic OH excluding ortho intramolecular Hbond substituents is 1. The lowest BCUT2D eigenvalue weighted by molar-refractivity contribution is 0.122. The summed E-state index contributed by atoms with van der Waals surface area (Å²) >= 11 is 0. The van der Waals surface area contributed by atoms with Crippen LogP contribution in [0.1, 0.15) is 32.3 Å². The minimum atomic E-state index is 0.155. The Hall–Kier alpha value is -3.79. The summed E-state index contributed by atoms with van der Waals surface area (Å²) in [5.74, 6) is 1.24. The van der Waals surface area contributed by atoms with E-state index in [1.54, 1.807) is 18.2 Å². The molecule has 2 aromatic carbocycles. The van der Waals surface area contributed by atoms with Crippen LogP contribution in [0.5, 0.6) is 5.75 Å². The highest BCUT2D eigenvalue weighted by Crippen LogP contribution is 2.32. The molecule has 2 N–H and O–H groups in total. The van der Waals surface area contributed by atoms with Crippen molar-refractivity contribution in [1.29, 1.82) is 0 Å². The van der Waals surface area contributed by atoms with Crippen molar-refractivity contribution in [2.75, 3.05) is 54.5 Å². The van der Waals surface area contributed by atoms with Crippen LogP contribution in [0, 0.1) is 5.41 Å². The molecule has 2 aliphatic rings. The van der Waals surface area contributed by atoms with Gasteiger partial charge in [0.15, 0.2) is 0 Å². The smallest absolute Gasteiger partial charge is 0.275 e. The highest BCUT2D eigenvalue weighted by molar-refractivity contribution is 5.57. The molecule has 2 fully saturated rings. The van der Waals surface area contributed by atoms with Crippen LogP contribution < -0.4 is 15.1 Å². The summed E-state index contributed by atoms with van der Waals surface area (Å²) in [6, 6.07) is 15.3. The zero-order chi connectivity index (χ0) is 25.7. The SMILES string of the molecule is CC1(C)CCN(c2ccc(CN=Nc3nc(Nc4cccc(O)c4)nc(N4CCOCC4)n3)cc2)CC1. The van der Waals surface area contributed by atoms with Gasteiger partial charge in [0, 0.05) is 43.6 Å². The monoisotopic (exact) mass is 502 g/mol. The summed E-state index contributed by atoms with van der Waals surface area (Å²) in [7, 11) is 0. The predicted octanol–water partition coefficient (Wildman–Crippen LogP) is 5.07. The zero-order valence-corrected chi connectivity index (χ0v) is 21.5. The van der Waals surface area contributed by atoms with Crippen molar-refractivity contribution in [3.63, 3.8) is 0 Å². The van der Waals surface area contributed by atoms with Crippen LogP contribution in [0.25, 0.3) is 0 Å². The number of phenols is 1. The van der Waals surface area contributed by atoms with Crippen molar-refractivity contribution >= 4 is 29.2 Å². The van der Waals surface area contributed by atoms with Gasteiger partial charge in [0.05, 0.1) is 19.8 Å². The van der Waals surface area contributed by atoms with Crippen molar-refractivity contribution in [2.45, 2.75) is 33.2 Å². The number of hydrogen-bond acceptors (Lipinski definition) is 10. The van der Waals surface area contributed by atoms with E-state index in [-0.39, 0.29) is 11.7 Å². The molecule has 0 spiro atoms. The molecule has 2 saturated heterocycles. The van der Waals surface area contributed by atoms with E-state index >= 15 is 0 Å². The summed E-state index contributed by atoms with van der Waals surface area (Å²) in [4.78, 5) is 18.0. The first-order chi connectivity index (χ1) is 17.9. The number of anilines is 4. The molecule has 1 aromatic heterocycles. The van der Waals surface area contributed by atoms with Crippen molar-refractivity contribution in [2.24, 2.45) is 15.6 Å². The molecule has 10 heteroatoms. The maximum Gasteiger partial charge on any atom is 0.275 e. The lowest BCUT2D eigenvalue weighted by Gasteiger charge is -2.38. The largest absolute Gasteiger partial charge is 0.508 e. The number of aromatic nitrogens is 3. The molecule has 0 unspecified atom stereocenters. The minimum absolute atomic E-state index is 0.155. The molecule has 0 atom stereocenters. The first-order valence-electron chi connectivity index (χ1n) is 12.8. The van der Waals surface area contributed by atoms with Gasteiger partial charge in [0.1, 0.15) is 5.75 Å². The quantitative estimate of drug-likeness (QED) is 0.431. The van der Waals surface area contributed by atoms with Crippen molar-refractivity contribution in [3.05, 3.63) is 54.1 Å². The second kappa shape index (κ2) is 11.1. The number of rotatable bonds is 7. The number of ether oxygens (including phenoxy) is 1. The van der Waals surface area contributed by atoms with Gasteiger partial charge >= 0.3 is 0 Å². The Morgan fingerprint density at radius 1 is 0.946 bits per heavy atom. The van der Waals surface area contributed by atoms with Crippen LogP contribution in [0.3, 0.4) is 0 Å². The number of piperidine rings is 1. The first kappa shape index (κ1) is 24.9. The van der Waals surface area contributed by atoms with E-state index in [4.69, 9.17) is 4.74 Å². The maximum atomic E-state index is 9.79. The number of aromatic hydroxyl groups is 1. The molecular weight excluding hydrogens is 468 g/mol. The van der Waals surface area contributed by atoms with Gasteiger partial charge in [0.25, 0.3) is 5.95 Å². The van der Waals surface area contributed by atoms with Gasteiger partial charge in [-0.3, -0.25) is 0 Å². The average molecular weight is 503 g/mol. The fourth-order valence-corrected chi connectivity index (χ4v) is 4.43. The molecule has 0 saturated carbocycles. The highest BCUT2D eigenvalue weighted by Gasteiger charge is 2.25. The highest BCUT2D eigenvalue weighted by atomic mass is 16.5. The zero-order valence-electron chi connectivity index (χ0n) is 21.5. The van der Waals surface area contributed by atoms with Gasteiger partial charge in [-0.1, -0.05) is 32.0 Å². The molecule has 2 aliphatic heterocycles. The van der Waals surface area contributed by atoms with Crippen LogP contribution in [0.2, 0.25) is 0 Å². The van der Waals surface area contributed by atoms with E-state index in [2.05, 4.69) is 73.5 Å². The van der Waals surface area contributed by atoms with Gasteiger partial charge in [-0.2, -0.15) is 20.1 Å². The standard InChI is InChI=1S/C27H34N8O2/c1-27(2)10-12-34(13-11-27)22-8-6-20(7-9-22)19-28-33-25-30-24(29-21-4-3-5-23(36)18-21)31-26(32-25)35-14-16-37-17-15-35/h3-9,18,36H,10-17,19H2,1-2H3,(H,29,30,31,32). The fraction of sp³-hybridized carbons (Fsp3) is 0.444. The number of hydrogen-bond donors (Lipinski definition) is 2. The normalized spacial score (nSPS) is 17.8. The van der Waals surface area contributed by atoms with E-state index in [0.717, 1.165) is 18.7 Å². The number of nitrogens with one attached hydrogen (secondary N) is 1. The van der Waals surface area contributed by atoms with Crippen LogP contribution in [0.15, 0.2) is 58.8 Å². The molecule has 0 aliphatic carbocycles. The fourth-order valence-electron chi connectivity index (χ4n) is 4.43. The lowest BCUT2D eigenvalue weighted by atomic mass is 9.82. The molecule has 0 bridgehead atoms. The summed E-state index contributed by atoms with van der Waals surface area (Å²) in [6.07, 6.45) is 2.42. The molecule has 3 aromatic rings. The Kier molecular flexibility index (Phi) is 7.45. The second-order valence-electron chi connectivity index (χ2n) is 10.3. The van der Waals surface area contributed by atoms with Crippen LogP contribution in [0.4, 0.5) is 29.2 Å². The van der Waals surface area contributed by atoms with Gasteiger partial charge in [-0.15, -0.1) is 5.11 Å². The Morgan fingerprint density at radius 3 is 2.43 bits per heavy atom. The van der Waals surface area contributed by atoms with E-state index in [0.29, 0.717) is 55.8 Å². The van der Waals surface area contributed by atoms with Crippen molar-refractivity contribution in [1.82, 2.24) is 15.0 Å². The number of nitrogens with zero attached hydrogens (tertiary/aromatic N) is 7. The summed E-state index contributed by atoms with van der Waals surface area (Å²) in [5, 5.41) is 21.6. The third-order valence-corrected chi connectivity index (χ3v) is 6.84. The molecule has 0 amide bonds. The summed E-state index contributed by atoms with van der Waals surface area (Å²) in [6.45, 7) is 9.92. The van der Waals surface area contributed by atoms with Crippen molar-refractivity contribution in [3.8, 4) is 5.75 Å². The molecule has 10 nitrogen and oxygen atoms in total. The first-order valence-corrected chi connectivity index (χ1v) is 12.8. The number of morpholine rings is 1. The van der Waals surface area contributed by atoms with E-state index < -0.39 is 0 Å². The minimum Gasteiger partial charge on any atom is -0.508 e. The maximum absolute atomic E-state index is 9.79. The van der Waals surface area contributed by atoms with E-state index in [1.165, 1.54) is 18.5 Å². The summed E-state index contributed by atoms with van der Waals surface area (Å²) in [5.41, 5.74) is 3.43. The molecule has 3 heterocycles. The van der Waals surface area contributed by atoms with Crippen molar-refractivity contribution < 1.29 is 9.84 Å².